The van der Waals surface area contributed by atoms with Gasteiger partial charge in [-0.15, -0.1) is 0 Å². The van der Waals surface area contributed by atoms with Gasteiger partial charge in [0.25, 0.3) is 5.91 Å². The van der Waals surface area contributed by atoms with Crippen LogP contribution in [-0.2, 0) is 10.7 Å². The number of Topliss-reactive ketones (excluding diaryl/α,β-unsaturated/α-hetero) is 1. The molecule has 200 valence electrons. The Balaban J connectivity index is 0.000000195. The van der Waals surface area contributed by atoms with E-state index in [4.69, 9.17) is 25.5 Å². The number of nitrogens with zero attached hydrogens (tertiary/aromatic N) is 1. The monoisotopic (exact) mass is 536 g/mol. The van der Waals surface area contributed by atoms with Crippen molar-refractivity contribution in [3.63, 3.8) is 0 Å². The average Bonchev–Trinajstić information content (AvgIpc) is 3.58. The molecule has 3 aromatic rings. The second kappa shape index (κ2) is 12.9. The van der Waals surface area contributed by atoms with Crippen LogP contribution in [0.5, 0.6) is 11.5 Å². The van der Waals surface area contributed by atoms with Crippen LogP contribution in [0.1, 0.15) is 49.2 Å². The van der Waals surface area contributed by atoms with E-state index in [1.54, 1.807) is 6.07 Å². The van der Waals surface area contributed by atoms with Gasteiger partial charge in [-0.05, 0) is 68.4 Å². The van der Waals surface area contributed by atoms with Gasteiger partial charge in [-0.2, -0.15) is 8.78 Å². The molecule has 3 heterocycles. The van der Waals surface area contributed by atoms with Crippen molar-refractivity contribution in [3.05, 3.63) is 58.8 Å². The highest BCUT2D eigenvalue weighted by Gasteiger charge is 2.42. The number of carbonyl (C=O) groups excluding carboxylic acids is 2. The molecule has 2 aromatic carbocycles. The number of primary amides is 1. The number of nitrogens with two attached hydrogens (primary N) is 1. The summed E-state index contributed by atoms with van der Waals surface area (Å²) in [5.74, 6) is -4.73. The van der Waals surface area contributed by atoms with Gasteiger partial charge in [0.1, 0.15) is 18.8 Å². The molecule has 0 radical (unpaired) electrons. The van der Waals surface area contributed by atoms with E-state index < -0.39 is 17.6 Å². The Kier molecular flexibility index (Phi) is 9.88. The summed E-state index contributed by atoms with van der Waals surface area (Å²) in [6.45, 7) is 8.27. The van der Waals surface area contributed by atoms with Crippen LogP contribution < -0.4 is 15.2 Å². The van der Waals surface area contributed by atoms with Crippen molar-refractivity contribution in [2.24, 2.45) is 5.73 Å². The van der Waals surface area contributed by atoms with Crippen molar-refractivity contribution in [1.29, 1.82) is 0 Å². The van der Waals surface area contributed by atoms with Gasteiger partial charge in [-0.3, -0.25) is 9.59 Å². The number of ketones is 1. The van der Waals surface area contributed by atoms with E-state index >= 15 is 0 Å². The lowest BCUT2D eigenvalue weighted by atomic mass is 10.1. The highest BCUT2D eigenvalue weighted by molar-refractivity contribution is 6.31. The summed E-state index contributed by atoms with van der Waals surface area (Å²) in [6.07, 6.45) is 3.11. The number of ether oxygens (including phenoxy) is 2. The highest BCUT2D eigenvalue weighted by atomic mass is 35.5. The maximum atomic E-state index is 13.2. The van der Waals surface area contributed by atoms with E-state index in [2.05, 4.69) is 10.6 Å². The quantitative estimate of drug-likeness (QED) is 0.399. The first-order chi connectivity index (χ1) is 17.7. The van der Waals surface area contributed by atoms with Crippen molar-refractivity contribution >= 4 is 34.3 Å². The Morgan fingerprint density at radius 3 is 2.35 bits per heavy atom. The molecule has 0 atom stereocenters. The molecule has 7 nitrogen and oxygen atoms in total. The highest BCUT2D eigenvalue weighted by Crippen LogP contribution is 2.33. The van der Waals surface area contributed by atoms with Gasteiger partial charge < -0.3 is 24.5 Å². The summed E-state index contributed by atoms with van der Waals surface area (Å²) < 4.78 is 42.2. The van der Waals surface area contributed by atoms with Crippen LogP contribution in [0.3, 0.4) is 0 Å². The molecule has 5 rings (SSSR count). The number of furan rings is 1. The average molecular weight is 537 g/mol. The Morgan fingerprint density at radius 2 is 1.68 bits per heavy atom. The van der Waals surface area contributed by atoms with E-state index in [1.807, 2.05) is 26.0 Å². The molecule has 0 saturated carbocycles. The Hall–Kier alpha value is -3.17. The minimum Gasteiger partial charge on any atom is -0.486 e. The zero-order valence-corrected chi connectivity index (χ0v) is 21.7. The first-order valence-electron chi connectivity index (χ1n) is 12.3. The number of benzene rings is 2. The van der Waals surface area contributed by atoms with Crippen LogP contribution in [0.2, 0.25) is 5.02 Å². The normalized spacial score (nSPS) is 14.8. The second-order valence-electron chi connectivity index (χ2n) is 8.31. The maximum absolute atomic E-state index is 13.2. The topological polar surface area (TPSA) is 95.0 Å². The molecule has 1 fully saturated rings. The zero-order chi connectivity index (χ0) is 27.0. The van der Waals surface area contributed by atoms with Crippen molar-refractivity contribution in [3.8, 4) is 11.5 Å². The molecule has 37 heavy (non-hydrogen) atoms. The predicted molar refractivity (Wildman–Crippen MR) is 138 cm³/mol. The molecule has 1 amide bonds. The number of hydrogen-bond acceptors (Lipinski definition) is 6. The van der Waals surface area contributed by atoms with Crippen LogP contribution >= 0.6 is 11.6 Å². The lowest BCUT2D eigenvalue weighted by Crippen LogP contribution is -2.32. The number of rotatable bonds is 6. The number of hydrogen-bond donors (Lipinski definition) is 1. The van der Waals surface area contributed by atoms with Crippen LogP contribution in [-0.4, -0.2) is 49.4 Å². The minimum atomic E-state index is -3.81. The van der Waals surface area contributed by atoms with E-state index in [0.717, 1.165) is 37.0 Å². The third-order valence-corrected chi connectivity index (χ3v) is 6.05. The van der Waals surface area contributed by atoms with Crippen molar-refractivity contribution < 1.29 is 32.3 Å². The van der Waals surface area contributed by atoms with Crippen molar-refractivity contribution in [2.75, 3.05) is 32.8 Å². The number of amides is 1. The van der Waals surface area contributed by atoms with E-state index in [9.17, 15) is 18.4 Å². The fraction of sp³-hybridized carbons (Fsp3) is 0.407. The number of halogens is 3. The number of alkyl halides is 2. The lowest BCUT2D eigenvalue weighted by Gasteiger charge is -2.19. The van der Waals surface area contributed by atoms with Crippen LogP contribution in [0, 0.1) is 0 Å². The van der Waals surface area contributed by atoms with Gasteiger partial charge in [0.05, 0.1) is 0 Å². The summed E-state index contributed by atoms with van der Waals surface area (Å²) >= 11 is 5.68. The summed E-state index contributed by atoms with van der Waals surface area (Å²) in [4.78, 5) is 25.1. The van der Waals surface area contributed by atoms with Crippen molar-refractivity contribution in [2.45, 2.75) is 39.0 Å². The molecule has 2 aliphatic heterocycles. The Labute approximate surface area is 219 Å². The molecule has 1 saturated heterocycles. The summed E-state index contributed by atoms with van der Waals surface area (Å²) in [7, 11) is 0. The van der Waals surface area contributed by atoms with Gasteiger partial charge in [-0.1, -0.05) is 25.4 Å². The second-order valence-corrected chi connectivity index (χ2v) is 8.75. The summed E-state index contributed by atoms with van der Waals surface area (Å²) in [5, 5.41) is 0.783. The van der Waals surface area contributed by atoms with Gasteiger partial charge in [-0.25, -0.2) is 0 Å². The standard InChI is InChI=1S/C15H19NO3.C10H6ClF2NO2.C2H6/c17-13(5-8-16-6-1-2-7-16)12-3-4-14-15(11-12)19-10-9-18-14;11-6-1-2-7-5(3-6)4-8(16-7)10(12,13)9(14)15;1-2/h3-4,11H,1-2,5-10H2;1-4H,(H2,14,15);1-2H3. The fourth-order valence-electron chi connectivity index (χ4n) is 3.92. The fourth-order valence-corrected chi connectivity index (χ4v) is 4.10. The van der Waals surface area contributed by atoms with E-state index in [0.29, 0.717) is 35.8 Å². The minimum absolute atomic E-state index is 0.184. The van der Waals surface area contributed by atoms with Crippen LogP contribution in [0.25, 0.3) is 11.0 Å². The first kappa shape index (κ1) is 28.4. The first-order valence-corrected chi connectivity index (χ1v) is 12.6. The lowest BCUT2D eigenvalue weighted by molar-refractivity contribution is -0.145. The molecule has 0 spiro atoms. The number of fused-ring (bicyclic) bond motifs is 2. The third kappa shape index (κ3) is 7.20. The third-order valence-electron chi connectivity index (χ3n) is 5.82. The Morgan fingerprint density at radius 1 is 1.00 bits per heavy atom. The molecule has 10 heteroatoms. The molecule has 2 aliphatic rings. The van der Waals surface area contributed by atoms with Crippen LogP contribution in [0.15, 0.2) is 46.9 Å². The van der Waals surface area contributed by atoms with E-state index in [-0.39, 0.29) is 11.4 Å². The van der Waals surface area contributed by atoms with Crippen molar-refractivity contribution in [1.82, 2.24) is 4.90 Å². The summed E-state index contributed by atoms with van der Waals surface area (Å²) in [6, 6.07) is 10.9. The number of likely N-dealkylation sites (tertiary alicyclic amines) is 1. The Bertz CT molecular complexity index is 1220. The molecular weight excluding hydrogens is 506 g/mol. The van der Waals surface area contributed by atoms with Crippen LogP contribution in [0.4, 0.5) is 8.78 Å². The van der Waals surface area contributed by atoms with Gasteiger partial charge in [0.2, 0.25) is 0 Å². The molecule has 0 unspecified atom stereocenters. The smallest absolute Gasteiger partial charge is 0.380 e. The molecule has 0 aliphatic carbocycles. The predicted octanol–water partition coefficient (Wildman–Crippen LogP) is 5.82. The molecular formula is C27H31ClF2N2O5. The molecule has 0 bridgehead atoms. The molecule has 1 aromatic heterocycles. The number of carbonyl (C=O) groups is 2. The van der Waals surface area contributed by atoms with Gasteiger partial charge in [0, 0.05) is 28.9 Å². The van der Waals surface area contributed by atoms with Gasteiger partial charge >= 0.3 is 5.92 Å². The largest absolute Gasteiger partial charge is 0.486 e. The SMILES string of the molecule is CC.NC(=O)C(F)(F)c1cc2cc(Cl)ccc2o1.O=C(CCN1CCCC1)c1ccc2c(c1)OCCO2. The zero-order valence-electron chi connectivity index (χ0n) is 20.9. The maximum Gasteiger partial charge on any atom is 0.380 e. The summed E-state index contributed by atoms with van der Waals surface area (Å²) in [5.41, 5.74) is 5.53. The van der Waals surface area contributed by atoms with E-state index in [1.165, 1.54) is 31.0 Å². The molecule has 2 N–H and O–H groups in total. The van der Waals surface area contributed by atoms with Gasteiger partial charge in [0.15, 0.2) is 23.0 Å².